The average Bonchev–Trinajstić information content (AvgIpc) is 2.82. The highest BCUT2D eigenvalue weighted by atomic mass is 19.1. The Morgan fingerprint density at radius 2 is 1.62 bits per heavy atom. The predicted molar refractivity (Wildman–Crippen MR) is 137 cm³/mol. The van der Waals surface area contributed by atoms with E-state index in [1.165, 1.54) is 36.4 Å². The van der Waals surface area contributed by atoms with Gasteiger partial charge < -0.3 is 14.5 Å². The Kier molecular flexibility index (Phi) is 7.13. The molecule has 0 N–H and O–H groups in total. The van der Waals surface area contributed by atoms with Gasteiger partial charge in [-0.05, 0) is 74.0 Å². The van der Waals surface area contributed by atoms with Crippen LogP contribution in [0.5, 0.6) is 5.75 Å². The Morgan fingerprint density at radius 3 is 2.26 bits per heavy atom. The first kappa shape index (κ1) is 23.7. The molecule has 0 bridgehead atoms. The van der Waals surface area contributed by atoms with E-state index < -0.39 is 5.82 Å². The van der Waals surface area contributed by atoms with Crippen LogP contribution in [0, 0.1) is 19.7 Å². The van der Waals surface area contributed by atoms with Gasteiger partial charge >= 0.3 is 0 Å². The molecule has 0 aromatic heterocycles. The van der Waals surface area contributed by atoms with Crippen LogP contribution in [0.3, 0.4) is 0 Å². The van der Waals surface area contributed by atoms with E-state index in [9.17, 15) is 9.18 Å². The van der Waals surface area contributed by atoms with Crippen molar-refractivity contribution < 1.29 is 13.9 Å². The third kappa shape index (κ3) is 5.37. The summed E-state index contributed by atoms with van der Waals surface area (Å²) in [5, 5.41) is 0. The number of carbonyl (C=O) groups is 1. The Hall–Kier alpha value is -3.44. The lowest BCUT2D eigenvalue weighted by Crippen LogP contribution is -2.44. The molecule has 4 nitrogen and oxygen atoms in total. The molecular weight excluding hydrogens is 427 g/mol. The maximum Gasteiger partial charge on any atom is 0.188 e. The van der Waals surface area contributed by atoms with E-state index in [1.807, 2.05) is 6.08 Å². The van der Waals surface area contributed by atoms with Crippen LogP contribution >= 0.6 is 0 Å². The molecule has 3 aromatic carbocycles. The van der Waals surface area contributed by atoms with Gasteiger partial charge in [0.1, 0.15) is 11.6 Å². The second-order valence-corrected chi connectivity index (χ2v) is 8.98. The first-order chi connectivity index (χ1) is 16.3. The number of ether oxygens (including phenoxy) is 1. The fourth-order valence-electron chi connectivity index (χ4n) is 4.42. The Balaban J connectivity index is 1.70. The van der Waals surface area contributed by atoms with Gasteiger partial charge in [-0.2, -0.15) is 0 Å². The Morgan fingerprint density at radius 1 is 0.912 bits per heavy atom. The number of hydrogen-bond acceptors (Lipinski definition) is 4. The molecule has 1 fully saturated rings. The highest BCUT2D eigenvalue weighted by Crippen LogP contribution is 2.31. The number of carbonyl (C=O) groups excluding carboxylic acids is 1. The van der Waals surface area contributed by atoms with Crippen molar-refractivity contribution in [1.82, 2.24) is 4.90 Å². The number of methoxy groups -OCH3 is 1. The second-order valence-electron chi connectivity index (χ2n) is 8.98. The number of piperazine rings is 1. The zero-order chi connectivity index (χ0) is 24.2. The fourth-order valence-corrected chi connectivity index (χ4v) is 4.42. The van der Waals surface area contributed by atoms with Crippen LogP contribution in [0.15, 0.2) is 60.7 Å². The van der Waals surface area contributed by atoms with Crippen molar-refractivity contribution in [2.45, 2.75) is 13.8 Å². The fraction of sp³-hybridized carbons (Fsp3) is 0.276. The van der Waals surface area contributed by atoms with Gasteiger partial charge in [0.15, 0.2) is 5.78 Å². The normalized spacial score (nSPS) is 14.6. The van der Waals surface area contributed by atoms with E-state index in [4.69, 9.17) is 4.74 Å². The largest absolute Gasteiger partial charge is 0.497 e. The summed E-state index contributed by atoms with van der Waals surface area (Å²) < 4.78 is 19.5. The number of hydrogen-bond donors (Lipinski definition) is 0. The second kappa shape index (κ2) is 10.2. The minimum absolute atomic E-state index is 0.0312. The summed E-state index contributed by atoms with van der Waals surface area (Å²) in [5.74, 6) is -0.574. The number of halogens is 1. The van der Waals surface area contributed by atoms with E-state index in [1.54, 1.807) is 6.07 Å². The third-order valence-electron chi connectivity index (χ3n) is 6.28. The molecule has 0 unspecified atom stereocenters. The summed E-state index contributed by atoms with van der Waals surface area (Å²) in [4.78, 5) is 17.5. The molecule has 5 heteroatoms. The third-order valence-corrected chi connectivity index (χ3v) is 6.28. The maximum atomic E-state index is 14.4. The molecule has 1 saturated heterocycles. The Labute approximate surface area is 201 Å². The van der Waals surface area contributed by atoms with E-state index in [0.717, 1.165) is 48.6 Å². The number of allylic oxidation sites excluding steroid dienone is 1. The number of ketones is 1. The number of nitrogens with zero attached hydrogens (tertiary/aromatic N) is 2. The van der Waals surface area contributed by atoms with Gasteiger partial charge in [-0.1, -0.05) is 35.4 Å². The van der Waals surface area contributed by atoms with Crippen molar-refractivity contribution in [3.05, 3.63) is 88.7 Å². The lowest BCUT2D eigenvalue weighted by Gasteiger charge is -2.35. The smallest absolute Gasteiger partial charge is 0.188 e. The molecule has 3 aromatic rings. The van der Waals surface area contributed by atoms with Crippen molar-refractivity contribution >= 4 is 17.5 Å². The molecule has 1 heterocycles. The number of anilines is 1. The molecule has 4 rings (SSSR count). The van der Waals surface area contributed by atoms with Crippen LogP contribution < -0.4 is 9.64 Å². The lowest BCUT2D eigenvalue weighted by atomic mass is 9.97. The van der Waals surface area contributed by atoms with Gasteiger partial charge in [0.2, 0.25) is 0 Å². The van der Waals surface area contributed by atoms with Crippen molar-refractivity contribution in [1.29, 1.82) is 0 Å². The summed E-state index contributed by atoms with van der Waals surface area (Å²) in [6.07, 6.45) is 3.27. The Bertz CT molecular complexity index is 1210. The van der Waals surface area contributed by atoms with Crippen LogP contribution in [0.2, 0.25) is 0 Å². The minimum Gasteiger partial charge on any atom is -0.497 e. The van der Waals surface area contributed by atoms with Crippen LogP contribution in [0.25, 0.3) is 17.2 Å². The van der Waals surface area contributed by atoms with Gasteiger partial charge in [0.05, 0.1) is 12.7 Å². The summed E-state index contributed by atoms with van der Waals surface area (Å²) in [6.45, 7) is 7.99. The molecule has 34 heavy (non-hydrogen) atoms. The van der Waals surface area contributed by atoms with E-state index in [0.29, 0.717) is 5.75 Å². The SMILES string of the molecule is COc1ccc(C(=O)/C=C/c2cc(-c3cc(C)cc(C)c3)ccc2N2CCN(C)CC2)c(F)c1. The summed E-state index contributed by atoms with van der Waals surface area (Å²) in [5.41, 5.74) is 6.71. The van der Waals surface area contributed by atoms with Crippen LogP contribution in [-0.2, 0) is 0 Å². The van der Waals surface area contributed by atoms with Gasteiger partial charge in [-0.15, -0.1) is 0 Å². The quantitative estimate of drug-likeness (QED) is 0.347. The van der Waals surface area contributed by atoms with E-state index >= 15 is 0 Å². The minimum atomic E-state index is -0.586. The molecule has 0 aliphatic carbocycles. The molecule has 0 saturated carbocycles. The first-order valence-corrected chi connectivity index (χ1v) is 11.6. The topological polar surface area (TPSA) is 32.8 Å². The van der Waals surface area contributed by atoms with Gasteiger partial charge in [0.25, 0.3) is 0 Å². The first-order valence-electron chi connectivity index (χ1n) is 11.6. The van der Waals surface area contributed by atoms with Crippen molar-refractivity contribution in [3.8, 4) is 16.9 Å². The van der Waals surface area contributed by atoms with Crippen molar-refractivity contribution in [2.75, 3.05) is 45.2 Å². The maximum absolute atomic E-state index is 14.4. The molecule has 0 atom stereocenters. The van der Waals surface area contributed by atoms with Gasteiger partial charge in [-0.25, -0.2) is 4.39 Å². The lowest BCUT2D eigenvalue weighted by molar-refractivity contribution is 0.104. The molecule has 0 radical (unpaired) electrons. The van der Waals surface area contributed by atoms with E-state index in [-0.39, 0.29) is 11.3 Å². The number of likely N-dealkylation sites (N-methyl/N-ethyl adjacent to an activating group) is 1. The van der Waals surface area contributed by atoms with E-state index in [2.05, 4.69) is 67.1 Å². The van der Waals surface area contributed by atoms with Crippen molar-refractivity contribution in [2.24, 2.45) is 0 Å². The molecule has 0 amide bonds. The monoisotopic (exact) mass is 458 g/mol. The molecule has 1 aliphatic heterocycles. The van der Waals surface area contributed by atoms with Crippen molar-refractivity contribution in [3.63, 3.8) is 0 Å². The highest BCUT2D eigenvalue weighted by Gasteiger charge is 2.17. The summed E-state index contributed by atoms with van der Waals surface area (Å²) in [6, 6.07) is 17.2. The van der Waals surface area contributed by atoms with Gasteiger partial charge in [0, 0.05) is 37.9 Å². The highest BCUT2D eigenvalue weighted by molar-refractivity contribution is 6.07. The average molecular weight is 459 g/mol. The number of benzene rings is 3. The zero-order valence-corrected chi connectivity index (χ0v) is 20.3. The van der Waals surface area contributed by atoms with Gasteiger partial charge in [-0.3, -0.25) is 4.79 Å². The molecule has 1 aliphatic rings. The summed E-state index contributed by atoms with van der Waals surface area (Å²) >= 11 is 0. The molecule has 176 valence electrons. The molecular formula is C29H31FN2O2. The number of rotatable bonds is 6. The standard InChI is InChI=1S/C29H31FN2O2/c1-20-15-21(2)17-24(16-20)22-5-9-28(32-13-11-31(3)12-14-32)23(18-22)6-10-29(33)26-8-7-25(34-4)19-27(26)30/h5-10,15-19H,11-14H2,1-4H3/b10-6+. The van der Waals surface area contributed by atoms with Crippen LogP contribution in [-0.4, -0.2) is 51.0 Å². The van der Waals surface area contributed by atoms with Crippen LogP contribution in [0.4, 0.5) is 10.1 Å². The number of aryl methyl sites for hydroxylation is 2. The molecule has 0 spiro atoms. The zero-order valence-electron chi connectivity index (χ0n) is 20.3. The van der Waals surface area contributed by atoms with Crippen LogP contribution in [0.1, 0.15) is 27.0 Å². The predicted octanol–water partition coefficient (Wildman–Crippen LogP) is 5.77. The summed E-state index contributed by atoms with van der Waals surface area (Å²) in [7, 11) is 3.60.